The van der Waals surface area contributed by atoms with E-state index in [-0.39, 0.29) is 12.0 Å². The minimum atomic E-state index is 0.115. The molecule has 0 spiro atoms. The van der Waals surface area contributed by atoms with E-state index in [1.807, 2.05) is 6.07 Å². The topological polar surface area (TPSA) is 20.3 Å². The van der Waals surface area contributed by atoms with Gasteiger partial charge in [0.25, 0.3) is 0 Å². The first kappa shape index (κ1) is 16.8. The van der Waals surface area contributed by atoms with Crippen molar-refractivity contribution in [2.45, 2.75) is 46.1 Å². The number of benzene rings is 2. The third kappa shape index (κ3) is 3.38. The fraction of sp³-hybridized carbons (Fsp3) is 0.409. The smallest absolute Gasteiger partial charge is 0.226 e. The van der Waals surface area contributed by atoms with Gasteiger partial charge in [-0.2, -0.15) is 0 Å². The van der Waals surface area contributed by atoms with Crippen LogP contribution in [0.15, 0.2) is 48.5 Å². The largest absolute Gasteiger partial charge is 0.336 e. The lowest BCUT2D eigenvalue weighted by Crippen LogP contribution is -2.43. The number of likely N-dealkylation sites (tertiary alicyclic amines) is 1. The summed E-state index contributed by atoms with van der Waals surface area (Å²) >= 11 is 0. The summed E-state index contributed by atoms with van der Waals surface area (Å²) in [7, 11) is 0. The molecule has 3 rings (SSSR count). The van der Waals surface area contributed by atoms with Crippen LogP contribution >= 0.6 is 0 Å². The first-order chi connectivity index (χ1) is 11.6. The summed E-state index contributed by atoms with van der Waals surface area (Å²) in [6.45, 7) is 7.33. The fourth-order valence-corrected chi connectivity index (χ4v) is 3.88. The second-order valence-electron chi connectivity index (χ2n) is 7.03. The Kier molecular flexibility index (Phi) is 5.03. The lowest BCUT2D eigenvalue weighted by Gasteiger charge is -2.37. The molecule has 0 N–H and O–H groups in total. The molecule has 0 aromatic heterocycles. The van der Waals surface area contributed by atoms with Gasteiger partial charge in [-0.25, -0.2) is 0 Å². The molecule has 1 aliphatic heterocycles. The van der Waals surface area contributed by atoms with Crippen molar-refractivity contribution < 1.29 is 4.79 Å². The van der Waals surface area contributed by atoms with Crippen molar-refractivity contribution in [1.82, 2.24) is 4.90 Å². The van der Waals surface area contributed by atoms with Gasteiger partial charge in [0.05, 0.1) is 6.04 Å². The average molecular weight is 321 g/mol. The molecule has 1 amide bonds. The number of nitrogens with zero attached hydrogens (tertiary/aromatic N) is 1. The van der Waals surface area contributed by atoms with Crippen LogP contribution in [0, 0.1) is 19.8 Å². The van der Waals surface area contributed by atoms with Crippen LogP contribution in [0.3, 0.4) is 0 Å². The van der Waals surface area contributed by atoms with E-state index < -0.39 is 0 Å². The average Bonchev–Trinajstić information content (AvgIpc) is 2.60. The summed E-state index contributed by atoms with van der Waals surface area (Å²) in [6.07, 6.45) is 2.97. The van der Waals surface area contributed by atoms with Crippen LogP contribution in [0.4, 0.5) is 0 Å². The molecule has 2 heteroatoms. The zero-order chi connectivity index (χ0) is 17.1. The highest BCUT2D eigenvalue weighted by Gasteiger charge is 2.32. The summed E-state index contributed by atoms with van der Waals surface area (Å²) in [5, 5.41) is 0. The van der Waals surface area contributed by atoms with E-state index in [0.717, 1.165) is 25.8 Å². The fourth-order valence-electron chi connectivity index (χ4n) is 3.88. The highest BCUT2D eigenvalue weighted by Crippen LogP contribution is 2.30. The van der Waals surface area contributed by atoms with E-state index in [1.54, 1.807) is 0 Å². The summed E-state index contributed by atoms with van der Waals surface area (Å²) < 4.78 is 0. The number of carbonyl (C=O) groups excluding carboxylic acids is 1. The molecule has 2 nitrogen and oxygen atoms in total. The third-order valence-electron chi connectivity index (χ3n) is 5.43. The molecule has 2 aromatic rings. The first-order valence-electron chi connectivity index (χ1n) is 8.98. The van der Waals surface area contributed by atoms with Crippen LogP contribution in [-0.2, 0) is 11.2 Å². The van der Waals surface area contributed by atoms with Gasteiger partial charge in [-0.3, -0.25) is 4.79 Å². The van der Waals surface area contributed by atoms with E-state index in [4.69, 9.17) is 0 Å². The molecule has 1 saturated heterocycles. The van der Waals surface area contributed by atoms with Gasteiger partial charge in [-0.15, -0.1) is 0 Å². The predicted octanol–water partition coefficient (Wildman–Crippen LogP) is 4.85. The lowest BCUT2D eigenvalue weighted by atomic mass is 9.86. The molecule has 1 heterocycles. The molecule has 24 heavy (non-hydrogen) atoms. The summed E-state index contributed by atoms with van der Waals surface area (Å²) in [5.74, 6) is 0.435. The minimum Gasteiger partial charge on any atom is -0.336 e. The van der Waals surface area contributed by atoms with Gasteiger partial charge in [0.2, 0.25) is 5.91 Å². The molecule has 0 bridgehead atoms. The molecule has 126 valence electrons. The Hall–Kier alpha value is -2.09. The molecule has 0 aliphatic carbocycles. The number of carbonyl (C=O) groups is 1. The molecule has 2 atom stereocenters. The van der Waals surface area contributed by atoms with E-state index >= 15 is 0 Å². The van der Waals surface area contributed by atoms with Gasteiger partial charge in [0, 0.05) is 12.5 Å². The van der Waals surface area contributed by atoms with Crippen LogP contribution in [0.25, 0.3) is 0 Å². The summed E-state index contributed by atoms with van der Waals surface area (Å²) in [4.78, 5) is 15.2. The summed E-state index contributed by atoms with van der Waals surface area (Å²) in [6, 6.07) is 16.9. The number of hydrogen-bond donors (Lipinski definition) is 0. The Bertz CT molecular complexity index is 687. The first-order valence-corrected chi connectivity index (χ1v) is 8.98. The van der Waals surface area contributed by atoms with Crippen LogP contribution < -0.4 is 0 Å². The molecule has 2 aromatic carbocycles. The Balaban J connectivity index is 1.78. The monoisotopic (exact) mass is 321 g/mol. The van der Waals surface area contributed by atoms with Crippen molar-refractivity contribution in [1.29, 1.82) is 0 Å². The highest BCUT2D eigenvalue weighted by molar-refractivity contribution is 5.80. The Morgan fingerprint density at radius 2 is 1.71 bits per heavy atom. The maximum absolute atomic E-state index is 13.1. The molecule has 0 unspecified atom stereocenters. The number of amides is 1. The van der Waals surface area contributed by atoms with Gasteiger partial charge in [-0.05, 0) is 62.3 Å². The molecular formula is C22H27NO. The maximum Gasteiger partial charge on any atom is 0.226 e. The van der Waals surface area contributed by atoms with Gasteiger partial charge in [0.15, 0.2) is 0 Å². The van der Waals surface area contributed by atoms with Crippen molar-refractivity contribution in [2.24, 2.45) is 5.92 Å². The van der Waals surface area contributed by atoms with Gasteiger partial charge in [0.1, 0.15) is 0 Å². The molecule has 1 fully saturated rings. The van der Waals surface area contributed by atoms with E-state index in [2.05, 4.69) is 68.1 Å². The van der Waals surface area contributed by atoms with Crippen molar-refractivity contribution >= 4 is 5.91 Å². The quantitative estimate of drug-likeness (QED) is 0.788. The second-order valence-corrected chi connectivity index (χ2v) is 7.03. The SMILES string of the molecule is Cc1cccc(C)c1C[C@H]1CCCN([C@@H](C)c2ccccc2)C1=O. The van der Waals surface area contributed by atoms with Crippen LogP contribution in [0.2, 0.25) is 0 Å². The van der Waals surface area contributed by atoms with Crippen LogP contribution in [0.1, 0.15) is 48.1 Å². The predicted molar refractivity (Wildman–Crippen MR) is 98.9 cm³/mol. The highest BCUT2D eigenvalue weighted by atomic mass is 16.2. The number of hydrogen-bond acceptors (Lipinski definition) is 1. The van der Waals surface area contributed by atoms with Gasteiger partial charge < -0.3 is 4.90 Å². The Labute approximate surface area is 145 Å². The van der Waals surface area contributed by atoms with E-state index in [1.165, 1.54) is 22.3 Å². The maximum atomic E-state index is 13.1. The van der Waals surface area contributed by atoms with Crippen LogP contribution in [-0.4, -0.2) is 17.4 Å². The normalized spacial score (nSPS) is 19.4. The number of rotatable bonds is 4. The van der Waals surface area contributed by atoms with Crippen LogP contribution in [0.5, 0.6) is 0 Å². The second kappa shape index (κ2) is 7.21. The van der Waals surface area contributed by atoms with Gasteiger partial charge in [-0.1, -0.05) is 48.5 Å². The van der Waals surface area contributed by atoms with Crippen molar-refractivity contribution in [2.75, 3.05) is 6.54 Å². The standard InChI is InChI=1S/C22H27NO/c1-16-9-7-10-17(2)21(16)15-20-13-8-14-23(22(20)24)18(3)19-11-5-4-6-12-19/h4-7,9-12,18,20H,8,13-15H2,1-3H3/t18-,20+/m0/s1. The van der Waals surface area contributed by atoms with E-state index in [0.29, 0.717) is 5.91 Å². The minimum absolute atomic E-state index is 0.115. The Morgan fingerprint density at radius 1 is 1.04 bits per heavy atom. The number of aryl methyl sites for hydroxylation is 2. The molecule has 0 saturated carbocycles. The zero-order valence-corrected chi connectivity index (χ0v) is 15.0. The number of piperidine rings is 1. The molecule has 1 aliphatic rings. The van der Waals surface area contributed by atoms with Crippen molar-refractivity contribution in [3.05, 3.63) is 70.8 Å². The van der Waals surface area contributed by atoms with Crippen molar-refractivity contribution in [3.8, 4) is 0 Å². The van der Waals surface area contributed by atoms with E-state index in [9.17, 15) is 4.79 Å². The lowest BCUT2D eigenvalue weighted by molar-refractivity contribution is -0.140. The third-order valence-corrected chi connectivity index (χ3v) is 5.43. The van der Waals surface area contributed by atoms with Crippen molar-refractivity contribution in [3.63, 3.8) is 0 Å². The molecular weight excluding hydrogens is 294 g/mol. The molecule has 0 radical (unpaired) electrons. The van der Waals surface area contributed by atoms with Gasteiger partial charge >= 0.3 is 0 Å². The zero-order valence-electron chi connectivity index (χ0n) is 15.0. The summed E-state index contributed by atoms with van der Waals surface area (Å²) in [5.41, 5.74) is 5.18. The Morgan fingerprint density at radius 3 is 2.38 bits per heavy atom.